The number of nitrogens with two attached hydrogens (primary N) is 1. The van der Waals surface area contributed by atoms with E-state index in [9.17, 15) is 4.79 Å². The van der Waals surface area contributed by atoms with Crippen molar-refractivity contribution in [1.29, 1.82) is 0 Å². The van der Waals surface area contributed by atoms with E-state index in [1.807, 2.05) is 24.3 Å². The Hall–Kier alpha value is -1.42. The molecule has 0 atom stereocenters. The van der Waals surface area contributed by atoms with E-state index >= 15 is 0 Å². The fourth-order valence-corrected chi connectivity index (χ4v) is 1.66. The van der Waals surface area contributed by atoms with Gasteiger partial charge in [0.1, 0.15) is 6.61 Å². The van der Waals surface area contributed by atoms with E-state index < -0.39 is 0 Å². The maximum atomic E-state index is 10.7. The molecule has 0 unspecified atom stereocenters. The molecule has 2 N–H and O–H groups in total. The molecule has 0 aliphatic carbocycles. The molecule has 1 rings (SSSR count). The lowest BCUT2D eigenvalue weighted by Gasteiger charge is -2.02. The minimum absolute atomic E-state index is 0.382. The fraction of sp³-hybridized carbons (Fsp3) is 0.182. The van der Waals surface area contributed by atoms with Gasteiger partial charge in [0.15, 0.2) is 0 Å². The highest BCUT2D eigenvalue weighted by Gasteiger charge is 1.97. The van der Waals surface area contributed by atoms with Crippen LogP contribution in [0.4, 0.5) is 5.69 Å². The van der Waals surface area contributed by atoms with Gasteiger partial charge in [0, 0.05) is 22.4 Å². The summed E-state index contributed by atoms with van der Waals surface area (Å²) in [6.45, 7) is 3.70. The van der Waals surface area contributed by atoms with E-state index in [1.54, 1.807) is 11.8 Å². The number of hydrogen-bond donors (Lipinski definition) is 1. The van der Waals surface area contributed by atoms with Gasteiger partial charge in [0.25, 0.3) is 0 Å². The summed E-state index contributed by atoms with van der Waals surface area (Å²) in [6, 6.07) is 7.57. The molecule has 0 saturated carbocycles. The Bertz CT molecular complexity index is 335. The molecule has 0 saturated heterocycles. The second kappa shape index (κ2) is 6.14. The molecule has 0 spiro atoms. The third-order valence-electron chi connectivity index (χ3n) is 1.64. The SMILES string of the molecule is C=CC(=O)OCCSc1ccc(N)cc1. The van der Waals surface area contributed by atoms with Crippen LogP contribution in [-0.2, 0) is 9.53 Å². The van der Waals surface area contributed by atoms with Gasteiger partial charge in [0.05, 0.1) is 0 Å². The van der Waals surface area contributed by atoms with Crippen LogP contribution < -0.4 is 5.73 Å². The third kappa shape index (κ3) is 4.56. The van der Waals surface area contributed by atoms with E-state index in [0.29, 0.717) is 6.61 Å². The molecule has 0 heterocycles. The molecule has 3 nitrogen and oxygen atoms in total. The number of anilines is 1. The Balaban J connectivity index is 2.23. The first-order chi connectivity index (χ1) is 7.22. The first kappa shape index (κ1) is 11.7. The average Bonchev–Trinajstić information content (AvgIpc) is 2.26. The first-order valence-corrected chi connectivity index (χ1v) is 5.48. The van der Waals surface area contributed by atoms with Gasteiger partial charge in [-0.1, -0.05) is 6.58 Å². The molecule has 80 valence electrons. The number of benzene rings is 1. The van der Waals surface area contributed by atoms with Gasteiger partial charge in [0.2, 0.25) is 0 Å². The average molecular weight is 223 g/mol. The predicted molar refractivity (Wildman–Crippen MR) is 62.7 cm³/mol. The van der Waals surface area contributed by atoms with Crippen LogP contribution in [0.1, 0.15) is 0 Å². The van der Waals surface area contributed by atoms with Crippen molar-refractivity contribution in [2.45, 2.75) is 4.90 Å². The zero-order valence-corrected chi connectivity index (χ0v) is 9.13. The summed E-state index contributed by atoms with van der Waals surface area (Å²) >= 11 is 1.61. The van der Waals surface area contributed by atoms with Crippen molar-refractivity contribution in [2.75, 3.05) is 18.1 Å². The largest absolute Gasteiger partial charge is 0.462 e. The van der Waals surface area contributed by atoms with Crippen LogP contribution in [0.5, 0.6) is 0 Å². The molecule has 0 aliphatic heterocycles. The molecule has 15 heavy (non-hydrogen) atoms. The van der Waals surface area contributed by atoms with Crippen LogP contribution in [0, 0.1) is 0 Å². The normalized spacial score (nSPS) is 9.60. The zero-order valence-electron chi connectivity index (χ0n) is 8.31. The number of nitrogen functional groups attached to an aromatic ring is 1. The molecular formula is C11H13NO2S. The van der Waals surface area contributed by atoms with Crippen molar-refractivity contribution in [3.63, 3.8) is 0 Å². The van der Waals surface area contributed by atoms with Crippen molar-refractivity contribution < 1.29 is 9.53 Å². The summed E-state index contributed by atoms with van der Waals surface area (Å²) in [5.41, 5.74) is 6.30. The number of thioether (sulfide) groups is 1. The maximum absolute atomic E-state index is 10.7. The van der Waals surface area contributed by atoms with Crippen molar-refractivity contribution in [2.24, 2.45) is 0 Å². The molecular weight excluding hydrogens is 210 g/mol. The van der Waals surface area contributed by atoms with E-state index in [1.165, 1.54) is 0 Å². The van der Waals surface area contributed by atoms with Crippen molar-refractivity contribution >= 4 is 23.4 Å². The van der Waals surface area contributed by atoms with Crippen molar-refractivity contribution in [1.82, 2.24) is 0 Å². The Morgan fingerprint density at radius 1 is 1.47 bits per heavy atom. The van der Waals surface area contributed by atoms with Gasteiger partial charge in [-0.2, -0.15) is 0 Å². The molecule has 1 aromatic carbocycles. The van der Waals surface area contributed by atoms with Gasteiger partial charge in [-0.05, 0) is 24.3 Å². The lowest BCUT2D eigenvalue weighted by Crippen LogP contribution is -2.03. The number of carbonyl (C=O) groups is 1. The lowest BCUT2D eigenvalue weighted by atomic mass is 10.3. The summed E-state index contributed by atoms with van der Waals surface area (Å²) in [6.07, 6.45) is 1.16. The number of ether oxygens (including phenoxy) is 1. The van der Waals surface area contributed by atoms with Crippen molar-refractivity contribution in [3.05, 3.63) is 36.9 Å². The van der Waals surface area contributed by atoms with Crippen LogP contribution in [0.25, 0.3) is 0 Å². The zero-order chi connectivity index (χ0) is 11.1. The molecule has 4 heteroatoms. The molecule has 0 radical (unpaired) electrons. The molecule has 0 fully saturated rings. The monoisotopic (exact) mass is 223 g/mol. The maximum Gasteiger partial charge on any atom is 0.330 e. The highest BCUT2D eigenvalue weighted by atomic mass is 32.2. The van der Waals surface area contributed by atoms with Gasteiger partial charge in [-0.3, -0.25) is 0 Å². The topological polar surface area (TPSA) is 52.3 Å². The number of hydrogen-bond acceptors (Lipinski definition) is 4. The standard InChI is InChI=1S/C11H13NO2S/c1-2-11(13)14-7-8-15-10-5-3-9(12)4-6-10/h2-6H,1,7-8,12H2. The van der Waals surface area contributed by atoms with Crippen LogP contribution in [0.3, 0.4) is 0 Å². The van der Waals surface area contributed by atoms with Gasteiger partial charge in [-0.25, -0.2) is 4.79 Å². The summed E-state index contributed by atoms with van der Waals surface area (Å²) < 4.78 is 4.83. The van der Waals surface area contributed by atoms with Crippen LogP contribution in [-0.4, -0.2) is 18.3 Å². The summed E-state index contributed by atoms with van der Waals surface area (Å²) in [4.78, 5) is 11.8. The first-order valence-electron chi connectivity index (χ1n) is 4.50. The minimum atomic E-state index is -0.382. The Morgan fingerprint density at radius 3 is 2.73 bits per heavy atom. The Kier molecular flexibility index (Phi) is 4.77. The van der Waals surface area contributed by atoms with E-state index in [4.69, 9.17) is 10.5 Å². The third-order valence-corrected chi connectivity index (χ3v) is 2.62. The molecule has 0 bridgehead atoms. The quantitative estimate of drug-likeness (QED) is 0.273. The number of esters is 1. The lowest BCUT2D eigenvalue weighted by molar-refractivity contribution is -0.137. The smallest absolute Gasteiger partial charge is 0.330 e. The predicted octanol–water partition coefficient (Wildman–Crippen LogP) is 2.09. The van der Waals surface area contributed by atoms with Crippen LogP contribution >= 0.6 is 11.8 Å². The number of carbonyl (C=O) groups excluding carboxylic acids is 1. The minimum Gasteiger partial charge on any atom is -0.462 e. The second-order valence-corrected chi connectivity index (χ2v) is 3.96. The molecule has 0 aliphatic rings. The van der Waals surface area contributed by atoms with E-state index in [-0.39, 0.29) is 5.97 Å². The highest BCUT2D eigenvalue weighted by Crippen LogP contribution is 2.18. The summed E-state index contributed by atoms with van der Waals surface area (Å²) in [7, 11) is 0. The molecule has 1 aromatic rings. The Labute approximate surface area is 93.3 Å². The van der Waals surface area contributed by atoms with Gasteiger partial charge in [-0.15, -0.1) is 11.8 Å². The van der Waals surface area contributed by atoms with Crippen LogP contribution in [0.15, 0.2) is 41.8 Å². The highest BCUT2D eigenvalue weighted by molar-refractivity contribution is 7.99. The van der Waals surface area contributed by atoms with Crippen molar-refractivity contribution in [3.8, 4) is 0 Å². The molecule has 0 amide bonds. The summed E-state index contributed by atoms with van der Waals surface area (Å²) in [5.74, 6) is 0.344. The van der Waals surface area contributed by atoms with E-state index in [0.717, 1.165) is 22.4 Å². The Morgan fingerprint density at radius 2 is 2.13 bits per heavy atom. The molecule has 0 aromatic heterocycles. The van der Waals surface area contributed by atoms with E-state index in [2.05, 4.69) is 6.58 Å². The summed E-state index contributed by atoms with van der Waals surface area (Å²) in [5, 5.41) is 0. The second-order valence-electron chi connectivity index (χ2n) is 2.79. The number of rotatable bonds is 5. The van der Waals surface area contributed by atoms with Crippen LogP contribution in [0.2, 0.25) is 0 Å². The fourth-order valence-electron chi connectivity index (χ4n) is 0.925. The van der Waals surface area contributed by atoms with Gasteiger partial charge >= 0.3 is 5.97 Å². The van der Waals surface area contributed by atoms with Gasteiger partial charge < -0.3 is 10.5 Å².